The smallest absolute Gasteiger partial charge is 0.0935 e. The molecule has 22 heavy (non-hydrogen) atoms. The standard InChI is InChI=1S/C19H13ClN2/c20-15-11-12-18-17(13-15)19(14-7-3-1-4-8-14)22(21-18)16-9-5-2-6-10-16/h1-13H. The molecule has 0 radical (unpaired) electrons. The van der Waals surface area contributed by atoms with Crippen LogP contribution in [0.3, 0.4) is 0 Å². The predicted octanol–water partition coefficient (Wildman–Crippen LogP) is 5.35. The van der Waals surface area contributed by atoms with Crippen molar-refractivity contribution in [1.29, 1.82) is 0 Å². The van der Waals surface area contributed by atoms with Crippen LogP contribution < -0.4 is 0 Å². The molecule has 106 valence electrons. The maximum atomic E-state index is 6.20. The molecule has 0 aliphatic heterocycles. The van der Waals surface area contributed by atoms with Crippen LogP contribution in [0.5, 0.6) is 0 Å². The summed E-state index contributed by atoms with van der Waals surface area (Å²) in [6.07, 6.45) is 0. The summed E-state index contributed by atoms with van der Waals surface area (Å²) in [4.78, 5) is 0. The number of nitrogens with zero attached hydrogens (tertiary/aromatic N) is 2. The monoisotopic (exact) mass is 304 g/mol. The zero-order valence-corrected chi connectivity index (χ0v) is 12.5. The molecule has 4 aromatic rings. The summed E-state index contributed by atoms with van der Waals surface area (Å²) < 4.78 is 1.98. The van der Waals surface area contributed by atoms with Crippen LogP contribution in [0.1, 0.15) is 0 Å². The van der Waals surface area contributed by atoms with Gasteiger partial charge < -0.3 is 0 Å². The van der Waals surface area contributed by atoms with E-state index in [0.29, 0.717) is 0 Å². The van der Waals surface area contributed by atoms with Gasteiger partial charge >= 0.3 is 0 Å². The van der Waals surface area contributed by atoms with Crippen molar-refractivity contribution < 1.29 is 0 Å². The number of para-hydroxylation sites is 1. The molecule has 0 aliphatic rings. The Balaban J connectivity index is 2.08. The van der Waals surface area contributed by atoms with E-state index in [1.165, 1.54) is 0 Å². The molecule has 0 saturated heterocycles. The minimum absolute atomic E-state index is 0.720. The number of hydrogen-bond donors (Lipinski definition) is 0. The van der Waals surface area contributed by atoms with Crippen LogP contribution in [-0.2, 0) is 0 Å². The van der Waals surface area contributed by atoms with Crippen molar-refractivity contribution in [2.24, 2.45) is 0 Å². The van der Waals surface area contributed by atoms with Crippen LogP contribution >= 0.6 is 11.6 Å². The third-order valence-electron chi connectivity index (χ3n) is 3.68. The van der Waals surface area contributed by atoms with E-state index in [-0.39, 0.29) is 0 Å². The number of benzene rings is 3. The molecule has 4 rings (SSSR count). The Bertz CT molecular complexity index is 928. The Hall–Kier alpha value is -2.58. The summed E-state index contributed by atoms with van der Waals surface area (Å²) in [5.41, 5.74) is 4.15. The Morgan fingerprint density at radius 3 is 2.18 bits per heavy atom. The predicted molar refractivity (Wildman–Crippen MR) is 91.5 cm³/mol. The molecule has 0 bridgehead atoms. The number of hydrogen-bond acceptors (Lipinski definition) is 1. The summed E-state index contributed by atoms with van der Waals surface area (Å²) in [5.74, 6) is 0. The van der Waals surface area contributed by atoms with Gasteiger partial charge in [-0.2, -0.15) is 5.10 Å². The highest BCUT2D eigenvalue weighted by atomic mass is 35.5. The molecule has 0 unspecified atom stereocenters. The summed E-state index contributed by atoms with van der Waals surface area (Å²) in [5, 5.41) is 6.54. The third kappa shape index (κ3) is 2.18. The minimum atomic E-state index is 0.720. The lowest BCUT2D eigenvalue weighted by Crippen LogP contribution is -1.98. The molecule has 0 amide bonds. The molecular formula is C19H13ClN2. The van der Waals surface area contributed by atoms with Gasteiger partial charge in [0.05, 0.1) is 16.9 Å². The van der Waals surface area contributed by atoms with Gasteiger partial charge in [0.2, 0.25) is 0 Å². The molecule has 3 aromatic carbocycles. The largest absolute Gasteiger partial charge is 0.232 e. The average molecular weight is 305 g/mol. The van der Waals surface area contributed by atoms with Gasteiger partial charge in [-0.3, -0.25) is 0 Å². The van der Waals surface area contributed by atoms with E-state index in [0.717, 1.165) is 32.9 Å². The summed E-state index contributed by atoms with van der Waals surface area (Å²) in [7, 11) is 0. The van der Waals surface area contributed by atoms with Crippen LogP contribution in [0.25, 0.3) is 27.8 Å². The molecular weight excluding hydrogens is 292 g/mol. The third-order valence-corrected chi connectivity index (χ3v) is 3.92. The lowest BCUT2D eigenvalue weighted by atomic mass is 10.1. The van der Waals surface area contributed by atoms with E-state index in [9.17, 15) is 0 Å². The molecule has 0 aliphatic carbocycles. The quantitative estimate of drug-likeness (QED) is 0.488. The van der Waals surface area contributed by atoms with Gasteiger partial charge in [-0.05, 0) is 30.3 Å². The highest BCUT2D eigenvalue weighted by molar-refractivity contribution is 6.31. The molecule has 1 aromatic heterocycles. The van der Waals surface area contributed by atoms with E-state index in [4.69, 9.17) is 16.7 Å². The Morgan fingerprint density at radius 2 is 1.45 bits per heavy atom. The van der Waals surface area contributed by atoms with E-state index < -0.39 is 0 Å². The van der Waals surface area contributed by atoms with Crippen molar-refractivity contribution in [3.8, 4) is 16.9 Å². The maximum Gasteiger partial charge on any atom is 0.0935 e. The second-order valence-electron chi connectivity index (χ2n) is 5.12. The van der Waals surface area contributed by atoms with Crippen molar-refractivity contribution in [3.63, 3.8) is 0 Å². The van der Waals surface area contributed by atoms with Crippen molar-refractivity contribution in [2.45, 2.75) is 0 Å². The second kappa shape index (κ2) is 5.32. The number of aromatic nitrogens is 2. The SMILES string of the molecule is Clc1ccc2nn(-c3ccccc3)c(-c3ccccc3)c2c1. The summed E-state index contributed by atoms with van der Waals surface area (Å²) in [6, 6.07) is 26.2. The zero-order valence-electron chi connectivity index (χ0n) is 11.8. The fraction of sp³-hybridized carbons (Fsp3) is 0. The van der Waals surface area contributed by atoms with Crippen molar-refractivity contribution in [2.75, 3.05) is 0 Å². The van der Waals surface area contributed by atoms with E-state index in [2.05, 4.69) is 24.3 Å². The molecule has 2 nitrogen and oxygen atoms in total. The molecule has 1 heterocycles. The maximum absolute atomic E-state index is 6.20. The molecule has 0 fully saturated rings. The van der Waals surface area contributed by atoms with Crippen LogP contribution in [0.2, 0.25) is 5.02 Å². The molecule has 0 spiro atoms. The molecule has 0 atom stereocenters. The fourth-order valence-electron chi connectivity index (χ4n) is 2.69. The topological polar surface area (TPSA) is 17.8 Å². The van der Waals surface area contributed by atoms with E-state index >= 15 is 0 Å². The first-order valence-electron chi connectivity index (χ1n) is 7.12. The van der Waals surface area contributed by atoms with E-state index in [1.807, 2.05) is 59.3 Å². The zero-order chi connectivity index (χ0) is 14.9. The molecule has 0 saturated carbocycles. The van der Waals surface area contributed by atoms with Gasteiger partial charge in [0.15, 0.2) is 0 Å². The first-order valence-corrected chi connectivity index (χ1v) is 7.50. The first-order chi connectivity index (χ1) is 10.8. The van der Waals surface area contributed by atoms with Crippen molar-refractivity contribution in [1.82, 2.24) is 9.78 Å². The average Bonchev–Trinajstić information content (AvgIpc) is 2.95. The van der Waals surface area contributed by atoms with Gasteiger partial charge in [0, 0.05) is 16.0 Å². The first kappa shape index (κ1) is 13.1. The van der Waals surface area contributed by atoms with Gasteiger partial charge in [-0.1, -0.05) is 60.1 Å². The fourth-order valence-corrected chi connectivity index (χ4v) is 2.86. The number of rotatable bonds is 2. The Kier molecular flexibility index (Phi) is 3.17. The normalized spacial score (nSPS) is 11.0. The van der Waals surface area contributed by atoms with Gasteiger partial charge in [-0.25, -0.2) is 4.68 Å². The van der Waals surface area contributed by atoms with Gasteiger partial charge in [-0.15, -0.1) is 0 Å². The highest BCUT2D eigenvalue weighted by Crippen LogP contribution is 2.32. The van der Waals surface area contributed by atoms with Crippen LogP contribution in [0, 0.1) is 0 Å². The van der Waals surface area contributed by atoms with Gasteiger partial charge in [0.25, 0.3) is 0 Å². The Morgan fingerprint density at radius 1 is 0.773 bits per heavy atom. The lowest BCUT2D eigenvalue weighted by molar-refractivity contribution is 0.904. The highest BCUT2D eigenvalue weighted by Gasteiger charge is 2.14. The minimum Gasteiger partial charge on any atom is -0.232 e. The van der Waals surface area contributed by atoms with Crippen LogP contribution in [0.4, 0.5) is 0 Å². The second-order valence-corrected chi connectivity index (χ2v) is 5.56. The summed E-state index contributed by atoms with van der Waals surface area (Å²) in [6.45, 7) is 0. The van der Waals surface area contributed by atoms with Crippen molar-refractivity contribution in [3.05, 3.63) is 83.9 Å². The summed E-state index contributed by atoms with van der Waals surface area (Å²) >= 11 is 6.20. The lowest BCUT2D eigenvalue weighted by Gasteiger charge is -2.08. The van der Waals surface area contributed by atoms with Crippen LogP contribution in [-0.4, -0.2) is 9.78 Å². The van der Waals surface area contributed by atoms with Gasteiger partial charge in [0.1, 0.15) is 0 Å². The molecule has 3 heteroatoms. The number of halogens is 1. The van der Waals surface area contributed by atoms with Crippen LogP contribution in [0.15, 0.2) is 78.9 Å². The van der Waals surface area contributed by atoms with Crippen molar-refractivity contribution >= 4 is 22.5 Å². The van der Waals surface area contributed by atoms with E-state index in [1.54, 1.807) is 0 Å². The Labute approximate surface area is 133 Å². The molecule has 0 N–H and O–H groups in total. The number of fused-ring (bicyclic) bond motifs is 1.